The van der Waals surface area contributed by atoms with Crippen LogP contribution in [0.15, 0.2) is 0 Å². The number of hydrogen-bond acceptors (Lipinski definition) is 1. The Bertz CT molecular complexity index is 140. The molecular weight excluding hydrogens is 156 g/mol. The Morgan fingerprint density at radius 1 is 0.909 bits per heavy atom. The van der Waals surface area contributed by atoms with Crippen LogP contribution in [0, 0.1) is 0 Å². The molecule has 1 aliphatic carbocycles. The van der Waals surface area contributed by atoms with Crippen LogP contribution < -0.4 is 0 Å². The van der Waals surface area contributed by atoms with E-state index in [0.29, 0.717) is 4.75 Å². The van der Waals surface area contributed by atoms with Crippen molar-refractivity contribution in [3.63, 3.8) is 0 Å². The van der Waals surface area contributed by atoms with Gasteiger partial charge in [0.1, 0.15) is 10.5 Å². The van der Waals surface area contributed by atoms with E-state index >= 15 is 0 Å². The van der Waals surface area contributed by atoms with Gasteiger partial charge < -0.3 is 4.55 Å². The largest absolute Gasteiger partial charge is 0.616 e. The van der Waals surface area contributed by atoms with Gasteiger partial charge in [0.2, 0.25) is 0 Å². The fourth-order valence-corrected chi connectivity index (χ4v) is 4.49. The monoisotopic (exact) mass is 172 g/mol. The maximum Gasteiger partial charge on any atom is 0.125 e. The topological polar surface area (TPSA) is 23.1 Å². The third-order valence-corrected chi connectivity index (χ3v) is 5.45. The van der Waals surface area contributed by atoms with Crippen LogP contribution in [0.1, 0.15) is 44.9 Å². The van der Waals surface area contributed by atoms with Crippen LogP contribution in [0.5, 0.6) is 0 Å². The van der Waals surface area contributed by atoms with Gasteiger partial charge in [-0.3, -0.25) is 0 Å². The highest BCUT2D eigenvalue weighted by molar-refractivity contribution is 7.93. The Morgan fingerprint density at radius 3 is 2.09 bits per heavy atom. The second-order valence-corrected chi connectivity index (χ2v) is 5.86. The van der Waals surface area contributed by atoms with E-state index in [1.165, 1.54) is 44.9 Å². The van der Waals surface area contributed by atoms with Gasteiger partial charge in [0.25, 0.3) is 0 Å². The molecule has 0 aromatic heterocycles. The van der Waals surface area contributed by atoms with Crippen LogP contribution in [0.3, 0.4) is 0 Å². The average Bonchev–Trinajstić information content (AvgIpc) is 2.36. The molecule has 2 aliphatic rings. The second kappa shape index (κ2) is 2.98. The SMILES string of the molecule is [O-][S+]1CCCC12CCCCC2. The Kier molecular flexibility index (Phi) is 2.15. The van der Waals surface area contributed by atoms with Gasteiger partial charge in [-0.1, -0.05) is 6.42 Å². The molecule has 1 nitrogen and oxygen atoms in total. The highest BCUT2D eigenvalue weighted by Crippen LogP contribution is 2.43. The minimum atomic E-state index is -0.468. The molecule has 0 amide bonds. The molecule has 0 aromatic carbocycles. The van der Waals surface area contributed by atoms with E-state index in [1.54, 1.807) is 0 Å². The zero-order chi connectivity index (χ0) is 7.73. The molecule has 2 rings (SSSR count). The van der Waals surface area contributed by atoms with E-state index in [-0.39, 0.29) is 0 Å². The van der Waals surface area contributed by atoms with E-state index < -0.39 is 11.2 Å². The molecule has 1 spiro atoms. The van der Waals surface area contributed by atoms with Crippen LogP contribution in [0.2, 0.25) is 0 Å². The Balaban J connectivity index is 2.06. The van der Waals surface area contributed by atoms with E-state index in [0.717, 1.165) is 5.75 Å². The van der Waals surface area contributed by atoms with Gasteiger partial charge in [0.05, 0.1) is 0 Å². The number of rotatable bonds is 0. The van der Waals surface area contributed by atoms with Crippen molar-refractivity contribution < 1.29 is 4.55 Å². The summed E-state index contributed by atoms with van der Waals surface area (Å²) in [6, 6.07) is 0. The maximum atomic E-state index is 11.7. The fraction of sp³-hybridized carbons (Fsp3) is 1.00. The van der Waals surface area contributed by atoms with E-state index in [4.69, 9.17) is 0 Å². The van der Waals surface area contributed by atoms with Crippen molar-refractivity contribution in [3.05, 3.63) is 0 Å². The minimum Gasteiger partial charge on any atom is -0.616 e. The molecule has 1 saturated carbocycles. The summed E-state index contributed by atoms with van der Waals surface area (Å²) in [6.07, 6.45) is 8.99. The molecule has 11 heavy (non-hydrogen) atoms. The second-order valence-electron chi connectivity index (χ2n) is 3.90. The third kappa shape index (κ3) is 1.31. The zero-order valence-corrected chi connectivity index (χ0v) is 7.79. The van der Waals surface area contributed by atoms with Gasteiger partial charge in [-0.25, -0.2) is 0 Å². The van der Waals surface area contributed by atoms with Crippen LogP contribution in [-0.2, 0) is 11.2 Å². The molecule has 1 atom stereocenters. The van der Waals surface area contributed by atoms with Crippen molar-refractivity contribution in [3.8, 4) is 0 Å². The van der Waals surface area contributed by atoms with Crippen LogP contribution in [0.25, 0.3) is 0 Å². The normalized spacial score (nSPS) is 36.3. The highest BCUT2D eigenvalue weighted by atomic mass is 32.2. The summed E-state index contributed by atoms with van der Waals surface area (Å²) in [5, 5.41) is 0. The maximum absolute atomic E-state index is 11.7. The molecule has 1 saturated heterocycles. The molecule has 1 unspecified atom stereocenters. The molecule has 0 aromatic rings. The molecule has 2 heteroatoms. The molecule has 0 bridgehead atoms. The first-order valence-electron chi connectivity index (χ1n) is 4.72. The smallest absolute Gasteiger partial charge is 0.125 e. The Hall–Kier alpha value is 0.310. The standard InChI is InChI=1S/C9H16OS/c10-11-8-4-7-9(11)5-2-1-3-6-9/h1-8H2. The first kappa shape index (κ1) is 7.93. The van der Waals surface area contributed by atoms with Crippen molar-refractivity contribution in [2.75, 3.05) is 5.75 Å². The van der Waals surface area contributed by atoms with Crippen LogP contribution in [-0.4, -0.2) is 15.1 Å². The summed E-state index contributed by atoms with van der Waals surface area (Å²) in [5.41, 5.74) is 0. The molecular formula is C9H16OS. The summed E-state index contributed by atoms with van der Waals surface area (Å²) < 4.78 is 12.0. The predicted octanol–water partition coefficient (Wildman–Crippen LogP) is 2.23. The molecule has 0 N–H and O–H groups in total. The third-order valence-electron chi connectivity index (χ3n) is 3.21. The van der Waals surface area contributed by atoms with Crippen LogP contribution >= 0.6 is 0 Å². The van der Waals surface area contributed by atoms with Crippen molar-refractivity contribution >= 4 is 11.2 Å². The number of hydrogen-bond donors (Lipinski definition) is 0. The average molecular weight is 172 g/mol. The van der Waals surface area contributed by atoms with E-state index in [9.17, 15) is 4.55 Å². The van der Waals surface area contributed by atoms with E-state index in [1.807, 2.05) is 0 Å². The van der Waals surface area contributed by atoms with Crippen molar-refractivity contribution in [2.45, 2.75) is 49.7 Å². The van der Waals surface area contributed by atoms with Gasteiger partial charge in [-0.05, 0) is 43.3 Å². The van der Waals surface area contributed by atoms with E-state index in [2.05, 4.69) is 0 Å². The van der Waals surface area contributed by atoms with Gasteiger partial charge in [0, 0.05) is 6.42 Å². The summed E-state index contributed by atoms with van der Waals surface area (Å²) in [5.74, 6) is 0.986. The highest BCUT2D eigenvalue weighted by Gasteiger charge is 2.46. The summed E-state index contributed by atoms with van der Waals surface area (Å²) in [7, 11) is 0. The minimum absolute atomic E-state index is 0.304. The summed E-state index contributed by atoms with van der Waals surface area (Å²) in [4.78, 5) is 0. The fourth-order valence-electron chi connectivity index (χ4n) is 2.53. The van der Waals surface area contributed by atoms with Gasteiger partial charge >= 0.3 is 0 Å². The van der Waals surface area contributed by atoms with Crippen molar-refractivity contribution in [2.24, 2.45) is 0 Å². The molecule has 0 radical (unpaired) electrons. The van der Waals surface area contributed by atoms with Crippen molar-refractivity contribution in [1.82, 2.24) is 0 Å². The zero-order valence-electron chi connectivity index (χ0n) is 6.97. The lowest BCUT2D eigenvalue weighted by Gasteiger charge is -2.33. The quantitative estimate of drug-likeness (QED) is 0.514. The summed E-state index contributed by atoms with van der Waals surface area (Å²) >= 11 is -0.468. The molecule has 64 valence electrons. The Labute approximate surface area is 71.7 Å². The van der Waals surface area contributed by atoms with Gasteiger partial charge in [0.15, 0.2) is 0 Å². The lowest BCUT2D eigenvalue weighted by atomic mass is 9.85. The summed E-state index contributed by atoms with van der Waals surface area (Å²) in [6.45, 7) is 0. The van der Waals surface area contributed by atoms with Gasteiger partial charge in [-0.15, -0.1) is 0 Å². The van der Waals surface area contributed by atoms with Crippen molar-refractivity contribution in [1.29, 1.82) is 0 Å². The predicted molar refractivity (Wildman–Crippen MR) is 48.1 cm³/mol. The lowest BCUT2D eigenvalue weighted by Crippen LogP contribution is -2.36. The molecule has 2 fully saturated rings. The molecule has 1 aliphatic heterocycles. The van der Waals surface area contributed by atoms with Gasteiger partial charge in [-0.2, -0.15) is 0 Å². The van der Waals surface area contributed by atoms with Crippen LogP contribution in [0.4, 0.5) is 0 Å². The molecule has 1 heterocycles. The Morgan fingerprint density at radius 2 is 1.55 bits per heavy atom. The lowest BCUT2D eigenvalue weighted by molar-refractivity contribution is 0.370. The first-order valence-corrected chi connectivity index (χ1v) is 6.04. The first-order chi connectivity index (χ1) is 5.33.